The van der Waals surface area contributed by atoms with E-state index in [4.69, 9.17) is 17.3 Å². The SMILES string of the molecule is CC[C@H](O)[C@H](N)c1c(C)cccc1Cl. The Kier molecular flexibility index (Phi) is 3.93. The second-order valence-corrected chi connectivity index (χ2v) is 3.88. The molecule has 0 aliphatic heterocycles. The molecule has 0 spiro atoms. The van der Waals surface area contributed by atoms with Gasteiger partial charge < -0.3 is 10.8 Å². The van der Waals surface area contributed by atoms with Gasteiger partial charge in [-0.05, 0) is 30.5 Å². The molecule has 0 fully saturated rings. The van der Waals surface area contributed by atoms with Crippen LogP contribution >= 0.6 is 11.6 Å². The van der Waals surface area contributed by atoms with Crippen LogP contribution in [-0.4, -0.2) is 11.2 Å². The highest BCUT2D eigenvalue weighted by Gasteiger charge is 2.19. The summed E-state index contributed by atoms with van der Waals surface area (Å²) in [5, 5.41) is 10.3. The fourth-order valence-corrected chi connectivity index (χ4v) is 1.86. The fourth-order valence-electron chi connectivity index (χ4n) is 1.51. The van der Waals surface area contributed by atoms with Crippen molar-refractivity contribution in [2.24, 2.45) is 5.73 Å². The van der Waals surface area contributed by atoms with Crippen LogP contribution in [0.2, 0.25) is 5.02 Å². The summed E-state index contributed by atoms with van der Waals surface area (Å²) in [7, 11) is 0. The highest BCUT2D eigenvalue weighted by Crippen LogP contribution is 2.27. The van der Waals surface area contributed by atoms with Crippen LogP contribution in [0, 0.1) is 6.92 Å². The zero-order valence-corrected chi connectivity index (χ0v) is 9.25. The van der Waals surface area contributed by atoms with Crippen LogP contribution in [-0.2, 0) is 0 Å². The van der Waals surface area contributed by atoms with Crippen molar-refractivity contribution < 1.29 is 5.11 Å². The van der Waals surface area contributed by atoms with Gasteiger partial charge in [0.25, 0.3) is 0 Å². The molecule has 2 atom stereocenters. The summed E-state index contributed by atoms with van der Waals surface area (Å²) in [6.07, 6.45) is 0.0971. The molecule has 0 aromatic heterocycles. The van der Waals surface area contributed by atoms with Crippen molar-refractivity contribution in [2.45, 2.75) is 32.4 Å². The molecule has 1 aromatic rings. The van der Waals surface area contributed by atoms with Crippen LogP contribution in [0.25, 0.3) is 0 Å². The number of halogens is 1. The molecule has 14 heavy (non-hydrogen) atoms. The number of aryl methyl sites for hydroxylation is 1. The van der Waals surface area contributed by atoms with Crippen LogP contribution in [0.5, 0.6) is 0 Å². The summed E-state index contributed by atoms with van der Waals surface area (Å²) in [5.41, 5.74) is 7.79. The van der Waals surface area contributed by atoms with Crippen LogP contribution in [0.15, 0.2) is 18.2 Å². The lowest BCUT2D eigenvalue weighted by molar-refractivity contribution is 0.140. The quantitative estimate of drug-likeness (QED) is 0.810. The zero-order valence-electron chi connectivity index (χ0n) is 8.50. The third kappa shape index (κ3) is 2.27. The molecule has 3 heteroatoms. The van der Waals surface area contributed by atoms with E-state index in [0.29, 0.717) is 11.4 Å². The van der Waals surface area contributed by atoms with Crippen molar-refractivity contribution in [3.05, 3.63) is 34.3 Å². The number of aliphatic hydroxyl groups excluding tert-OH is 1. The maximum absolute atomic E-state index is 9.65. The van der Waals surface area contributed by atoms with Crippen LogP contribution in [0.3, 0.4) is 0 Å². The molecule has 0 unspecified atom stereocenters. The van der Waals surface area contributed by atoms with E-state index < -0.39 is 12.1 Å². The minimum absolute atomic E-state index is 0.395. The standard InChI is InChI=1S/C11H16ClNO/c1-3-9(14)11(13)10-7(2)5-4-6-8(10)12/h4-6,9,11,14H,3,13H2,1-2H3/t9-,11-/m0/s1. The second kappa shape index (κ2) is 4.78. The van der Waals surface area contributed by atoms with E-state index in [0.717, 1.165) is 11.1 Å². The summed E-state index contributed by atoms with van der Waals surface area (Å²) in [4.78, 5) is 0. The topological polar surface area (TPSA) is 46.2 Å². The van der Waals surface area contributed by atoms with Gasteiger partial charge in [-0.15, -0.1) is 0 Å². The van der Waals surface area contributed by atoms with Crippen molar-refractivity contribution in [3.8, 4) is 0 Å². The molecule has 78 valence electrons. The highest BCUT2D eigenvalue weighted by molar-refractivity contribution is 6.31. The first kappa shape index (κ1) is 11.5. The van der Waals surface area contributed by atoms with Crippen LogP contribution < -0.4 is 5.73 Å². The zero-order chi connectivity index (χ0) is 10.7. The predicted molar refractivity (Wildman–Crippen MR) is 59.4 cm³/mol. The number of nitrogens with two attached hydrogens (primary N) is 1. The Hall–Kier alpha value is -0.570. The monoisotopic (exact) mass is 213 g/mol. The van der Waals surface area contributed by atoms with Crippen LogP contribution in [0.1, 0.15) is 30.5 Å². The van der Waals surface area contributed by atoms with Crippen molar-refractivity contribution in [2.75, 3.05) is 0 Å². The molecule has 0 saturated carbocycles. The molecule has 0 amide bonds. The minimum atomic E-state index is -0.534. The van der Waals surface area contributed by atoms with Crippen molar-refractivity contribution in [3.63, 3.8) is 0 Å². The molecule has 1 rings (SSSR count). The van der Waals surface area contributed by atoms with Crippen molar-refractivity contribution in [1.29, 1.82) is 0 Å². The number of rotatable bonds is 3. The van der Waals surface area contributed by atoms with E-state index in [1.165, 1.54) is 0 Å². The van der Waals surface area contributed by atoms with Gasteiger partial charge in [-0.25, -0.2) is 0 Å². The molecule has 2 nitrogen and oxygen atoms in total. The first-order valence-corrected chi connectivity index (χ1v) is 5.14. The van der Waals surface area contributed by atoms with E-state index in [9.17, 15) is 5.11 Å². The maximum atomic E-state index is 9.65. The summed E-state index contributed by atoms with van der Waals surface area (Å²) in [5.74, 6) is 0. The molecule has 0 aliphatic carbocycles. The number of hydrogen-bond acceptors (Lipinski definition) is 2. The molecule has 0 radical (unpaired) electrons. The van der Waals surface area contributed by atoms with Gasteiger partial charge in [-0.3, -0.25) is 0 Å². The molecule has 3 N–H and O–H groups in total. The lowest BCUT2D eigenvalue weighted by Crippen LogP contribution is -2.26. The van der Waals surface area contributed by atoms with Gasteiger partial charge in [-0.2, -0.15) is 0 Å². The fraction of sp³-hybridized carbons (Fsp3) is 0.455. The highest BCUT2D eigenvalue weighted by atomic mass is 35.5. The molecule has 1 aromatic carbocycles. The number of hydrogen-bond donors (Lipinski definition) is 2. The Balaban J connectivity index is 3.05. The lowest BCUT2D eigenvalue weighted by Gasteiger charge is -2.20. The summed E-state index contributed by atoms with van der Waals surface area (Å²) >= 11 is 6.03. The smallest absolute Gasteiger partial charge is 0.0730 e. The van der Waals surface area contributed by atoms with Gasteiger partial charge in [-0.1, -0.05) is 30.7 Å². The molecule has 0 heterocycles. The van der Waals surface area contributed by atoms with E-state index in [2.05, 4.69) is 0 Å². The third-order valence-electron chi connectivity index (χ3n) is 2.44. The normalized spacial score (nSPS) is 15.2. The first-order valence-electron chi connectivity index (χ1n) is 4.76. The molecular formula is C11H16ClNO. The molecular weight excluding hydrogens is 198 g/mol. The Morgan fingerprint density at radius 3 is 2.64 bits per heavy atom. The Bertz CT molecular complexity index is 294. The average molecular weight is 214 g/mol. The molecule has 0 bridgehead atoms. The van der Waals surface area contributed by atoms with Crippen molar-refractivity contribution >= 4 is 11.6 Å². The second-order valence-electron chi connectivity index (χ2n) is 3.47. The molecule has 0 aliphatic rings. The van der Waals surface area contributed by atoms with Gasteiger partial charge in [0.15, 0.2) is 0 Å². The Morgan fingerprint density at radius 2 is 2.14 bits per heavy atom. The number of aliphatic hydroxyl groups is 1. The lowest BCUT2D eigenvalue weighted by atomic mass is 9.96. The van der Waals surface area contributed by atoms with Gasteiger partial charge in [0.2, 0.25) is 0 Å². The minimum Gasteiger partial charge on any atom is -0.391 e. The summed E-state index contributed by atoms with van der Waals surface area (Å²) < 4.78 is 0. The van der Waals surface area contributed by atoms with E-state index in [-0.39, 0.29) is 0 Å². The summed E-state index contributed by atoms with van der Waals surface area (Å²) in [6.45, 7) is 3.85. The predicted octanol–water partition coefficient (Wildman–Crippen LogP) is 2.42. The van der Waals surface area contributed by atoms with E-state index in [1.807, 2.05) is 26.0 Å². The van der Waals surface area contributed by atoms with Gasteiger partial charge >= 0.3 is 0 Å². The third-order valence-corrected chi connectivity index (χ3v) is 2.77. The largest absolute Gasteiger partial charge is 0.391 e. The Labute approximate surface area is 89.7 Å². The van der Waals surface area contributed by atoms with Crippen LogP contribution in [0.4, 0.5) is 0 Å². The van der Waals surface area contributed by atoms with Crippen molar-refractivity contribution in [1.82, 2.24) is 0 Å². The average Bonchev–Trinajstić information content (AvgIpc) is 2.16. The maximum Gasteiger partial charge on any atom is 0.0730 e. The first-order chi connectivity index (χ1) is 6.57. The molecule has 0 saturated heterocycles. The van der Waals surface area contributed by atoms with E-state index in [1.54, 1.807) is 6.07 Å². The van der Waals surface area contributed by atoms with Gasteiger partial charge in [0, 0.05) is 5.02 Å². The number of benzene rings is 1. The van der Waals surface area contributed by atoms with Gasteiger partial charge in [0.05, 0.1) is 12.1 Å². The van der Waals surface area contributed by atoms with E-state index >= 15 is 0 Å². The van der Waals surface area contributed by atoms with Gasteiger partial charge in [0.1, 0.15) is 0 Å². The summed E-state index contributed by atoms with van der Waals surface area (Å²) in [6, 6.07) is 5.23. The Morgan fingerprint density at radius 1 is 1.50 bits per heavy atom.